The zero-order chi connectivity index (χ0) is 27.4. The van der Waals surface area contributed by atoms with Gasteiger partial charge >= 0.3 is 0 Å². The number of amides is 2. The predicted octanol–water partition coefficient (Wildman–Crippen LogP) is 6.26. The molecule has 0 aliphatic carbocycles. The van der Waals surface area contributed by atoms with Crippen LogP contribution in [0.25, 0.3) is 0 Å². The average Bonchev–Trinajstić information content (AvgIpc) is 3.21. The quantitative estimate of drug-likeness (QED) is 0.208. The summed E-state index contributed by atoms with van der Waals surface area (Å²) >= 11 is 26.4. The Bertz CT molecular complexity index is 1400. The fourth-order valence-electron chi connectivity index (χ4n) is 5.00. The summed E-state index contributed by atoms with van der Waals surface area (Å²) in [6.07, 6.45) is -3.69. The third-order valence-corrected chi connectivity index (χ3v) is 9.80. The van der Waals surface area contributed by atoms with E-state index in [-0.39, 0.29) is 37.8 Å². The molecule has 3 aromatic carbocycles. The fraction of sp³-hybridized carbons (Fsp3) is 0.259. The highest BCUT2D eigenvalue weighted by Crippen LogP contribution is 2.48. The van der Waals surface area contributed by atoms with Crippen LogP contribution in [0.5, 0.6) is 0 Å². The second-order valence-corrected chi connectivity index (χ2v) is 11.8. The van der Waals surface area contributed by atoms with E-state index in [1.165, 1.54) is 11.8 Å². The van der Waals surface area contributed by atoms with Gasteiger partial charge in [0.1, 0.15) is 29.8 Å². The van der Waals surface area contributed by atoms with E-state index in [9.17, 15) is 14.7 Å². The van der Waals surface area contributed by atoms with E-state index in [0.29, 0.717) is 0 Å². The Morgan fingerprint density at radius 1 is 0.795 bits per heavy atom. The number of ether oxygens (including phenoxy) is 3. The first-order valence-electron chi connectivity index (χ1n) is 11.9. The zero-order valence-corrected chi connectivity index (χ0v) is 23.6. The van der Waals surface area contributed by atoms with Crippen LogP contribution in [0.4, 0.5) is 0 Å². The number of benzene rings is 3. The molecule has 2 saturated heterocycles. The molecule has 202 valence electrons. The first kappa shape index (κ1) is 27.3. The van der Waals surface area contributed by atoms with Gasteiger partial charge in [0, 0.05) is 10.5 Å². The maximum atomic E-state index is 13.8. The number of hydrogen-bond donors (Lipinski definition) is 1. The van der Waals surface area contributed by atoms with Crippen LogP contribution in [0, 0.1) is 0 Å². The monoisotopic (exact) mass is 625 g/mol. The van der Waals surface area contributed by atoms with Crippen molar-refractivity contribution in [2.75, 3.05) is 6.61 Å². The molecule has 3 aliphatic rings. The van der Waals surface area contributed by atoms with Gasteiger partial charge in [-0.1, -0.05) is 107 Å². The van der Waals surface area contributed by atoms with Crippen LogP contribution in [-0.2, 0) is 14.2 Å². The van der Waals surface area contributed by atoms with Gasteiger partial charge in [0.25, 0.3) is 11.8 Å². The molecule has 0 spiro atoms. The van der Waals surface area contributed by atoms with Crippen LogP contribution in [0.2, 0.25) is 20.1 Å². The van der Waals surface area contributed by atoms with E-state index >= 15 is 0 Å². The number of imide groups is 1. The largest absolute Gasteiger partial charge is 0.388 e. The molecule has 7 nitrogen and oxygen atoms in total. The third-order valence-electron chi connectivity index (χ3n) is 6.83. The number of thioether (sulfide) groups is 1. The van der Waals surface area contributed by atoms with Crippen molar-refractivity contribution in [3.63, 3.8) is 0 Å². The molecule has 6 atom stereocenters. The van der Waals surface area contributed by atoms with Gasteiger partial charge in [-0.3, -0.25) is 14.5 Å². The lowest BCUT2D eigenvalue weighted by molar-refractivity contribution is -0.310. The van der Waals surface area contributed by atoms with Crippen molar-refractivity contribution in [1.29, 1.82) is 0 Å². The van der Waals surface area contributed by atoms with Gasteiger partial charge in [0.2, 0.25) is 0 Å². The molecule has 39 heavy (non-hydrogen) atoms. The molecular formula is C27H19Cl4NO6S. The van der Waals surface area contributed by atoms with Crippen molar-refractivity contribution >= 4 is 70.0 Å². The van der Waals surface area contributed by atoms with E-state index in [0.717, 1.165) is 15.4 Å². The highest BCUT2D eigenvalue weighted by Gasteiger charge is 2.56. The summed E-state index contributed by atoms with van der Waals surface area (Å²) in [4.78, 5) is 29.2. The maximum absolute atomic E-state index is 13.8. The second kappa shape index (κ2) is 10.9. The van der Waals surface area contributed by atoms with Crippen LogP contribution < -0.4 is 0 Å². The van der Waals surface area contributed by atoms with E-state index < -0.39 is 47.9 Å². The molecule has 1 unspecified atom stereocenters. The van der Waals surface area contributed by atoms with Crippen molar-refractivity contribution in [3.8, 4) is 0 Å². The number of rotatable bonds is 4. The lowest BCUT2D eigenvalue weighted by Crippen LogP contribution is -2.66. The van der Waals surface area contributed by atoms with Gasteiger partial charge in [-0.05, 0) is 12.1 Å². The van der Waals surface area contributed by atoms with Gasteiger partial charge < -0.3 is 19.3 Å². The van der Waals surface area contributed by atoms with Crippen molar-refractivity contribution in [2.24, 2.45) is 0 Å². The normalized spacial score (nSPS) is 28.4. The molecule has 0 saturated carbocycles. The summed E-state index contributed by atoms with van der Waals surface area (Å²) < 4.78 is 18.4. The number of hydrogen-bond acceptors (Lipinski definition) is 7. The van der Waals surface area contributed by atoms with Gasteiger partial charge in [0.15, 0.2) is 6.29 Å². The first-order valence-corrected chi connectivity index (χ1v) is 14.3. The molecule has 0 bridgehead atoms. The Morgan fingerprint density at radius 3 is 1.95 bits per heavy atom. The third kappa shape index (κ3) is 4.66. The Hall–Kier alpha value is -1.85. The van der Waals surface area contributed by atoms with Crippen LogP contribution in [-0.4, -0.2) is 58.2 Å². The lowest BCUT2D eigenvalue weighted by Gasteiger charge is -2.49. The molecule has 0 aromatic heterocycles. The van der Waals surface area contributed by atoms with Crippen LogP contribution in [0.3, 0.4) is 0 Å². The summed E-state index contributed by atoms with van der Waals surface area (Å²) in [5, 5.41) is 11.1. The Balaban J connectivity index is 1.39. The second-order valence-electron chi connectivity index (χ2n) is 9.12. The number of nitrogens with zero attached hydrogens (tertiary/aromatic N) is 1. The van der Waals surface area contributed by atoms with Gasteiger partial charge in [-0.25, -0.2) is 0 Å². The van der Waals surface area contributed by atoms with Crippen molar-refractivity contribution in [2.45, 2.75) is 41.0 Å². The van der Waals surface area contributed by atoms with Crippen LogP contribution in [0.15, 0.2) is 65.6 Å². The summed E-state index contributed by atoms with van der Waals surface area (Å²) in [5.74, 6) is -1.53. The number of aliphatic hydroxyl groups is 1. The molecule has 3 heterocycles. The van der Waals surface area contributed by atoms with Crippen LogP contribution >= 0.6 is 58.2 Å². The summed E-state index contributed by atoms with van der Waals surface area (Å²) in [5.41, 5.74) is -0.471. The average molecular weight is 627 g/mol. The summed E-state index contributed by atoms with van der Waals surface area (Å²) in [6.45, 7) is 0.130. The minimum Gasteiger partial charge on any atom is -0.388 e. The highest BCUT2D eigenvalue weighted by atomic mass is 35.5. The van der Waals surface area contributed by atoms with Crippen molar-refractivity contribution < 1.29 is 28.9 Å². The van der Waals surface area contributed by atoms with Crippen molar-refractivity contribution in [3.05, 3.63) is 97.4 Å². The summed E-state index contributed by atoms with van der Waals surface area (Å²) in [6, 6.07) is 17.3. The van der Waals surface area contributed by atoms with E-state index in [4.69, 9.17) is 60.6 Å². The van der Waals surface area contributed by atoms with Gasteiger partial charge in [-0.15, -0.1) is 0 Å². The fourth-order valence-corrected chi connectivity index (χ4v) is 7.22. The predicted molar refractivity (Wildman–Crippen MR) is 148 cm³/mol. The molecule has 1 N–H and O–H groups in total. The van der Waals surface area contributed by atoms with E-state index in [1.807, 2.05) is 60.7 Å². The Labute approximate surface area is 247 Å². The van der Waals surface area contributed by atoms with Gasteiger partial charge in [0.05, 0.1) is 37.8 Å². The number of halogens is 4. The highest BCUT2D eigenvalue weighted by molar-refractivity contribution is 7.99. The van der Waals surface area contributed by atoms with Crippen LogP contribution in [0.1, 0.15) is 32.6 Å². The molecule has 3 aliphatic heterocycles. The Kier molecular flexibility index (Phi) is 7.60. The maximum Gasteiger partial charge on any atom is 0.263 e. The molecule has 2 fully saturated rings. The smallest absolute Gasteiger partial charge is 0.263 e. The number of aliphatic hydroxyl groups excluding tert-OH is 1. The first-order chi connectivity index (χ1) is 18.8. The zero-order valence-electron chi connectivity index (χ0n) is 19.8. The Morgan fingerprint density at radius 2 is 1.36 bits per heavy atom. The number of fused-ring (bicyclic) bond motifs is 2. The van der Waals surface area contributed by atoms with Crippen molar-refractivity contribution in [1.82, 2.24) is 4.90 Å². The standard InChI is InChI=1S/C27H19Cl4NO6S/c28-17-15-16(18(29)20(31)19(17)30)25(35)32(24(15)34)21-22(33)23-14(37-27(21)39-13-9-5-2-6-10-13)11-36-26(38-23)12-7-3-1-4-8-12/h1-10,14,21-23,26-27,33H,11H2/t14-,21-,22-,23-,26?,27+/m1/s1. The molecule has 6 rings (SSSR count). The minimum absolute atomic E-state index is 0.130. The number of carbonyl (C=O) groups is 2. The molecule has 12 heteroatoms. The SMILES string of the molecule is O=C1c2c(Cl)c(Cl)c(Cl)c(Cl)c2C(=O)N1[C@@H]1[C@@H](O)[C@@H]2OC(c3ccccc3)OC[C@H]2O[C@H]1Sc1ccccc1. The van der Waals surface area contributed by atoms with E-state index in [1.54, 1.807) is 0 Å². The molecular weight excluding hydrogens is 608 g/mol. The number of carbonyl (C=O) groups excluding carboxylic acids is 2. The topological polar surface area (TPSA) is 85.3 Å². The lowest BCUT2D eigenvalue weighted by atomic mass is 9.95. The minimum atomic E-state index is -1.34. The molecule has 2 amide bonds. The molecule has 0 radical (unpaired) electrons. The van der Waals surface area contributed by atoms with E-state index in [2.05, 4.69) is 0 Å². The summed E-state index contributed by atoms with van der Waals surface area (Å²) in [7, 11) is 0. The van der Waals surface area contributed by atoms with Gasteiger partial charge in [-0.2, -0.15) is 0 Å². The molecule has 3 aromatic rings.